The van der Waals surface area contributed by atoms with Gasteiger partial charge in [-0.25, -0.2) is 4.79 Å². The molecule has 0 aliphatic carbocycles. The van der Waals surface area contributed by atoms with E-state index in [9.17, 15) is 14.7 Å². The van der Waals surface area contributed by atoms with E-state index in [0.717, 1.165) is 53.2 Å². The van der Waals surface area contributed by atoms with Crippen molar-refractivity contribution < 1.29 is 19.4 Å². The summed E-state index contributed by atoms with van der Waals surface area (Å²) in [4.78, 5) is 29.5. The van der Waals surface area contributed by atoms with Crippen LogP contribution in [0, 0.1) is 0 Å². The summed E-state index contributed by atoms with van der Waals surface area (Å²) in [5.74, 6) is -0.316. The lowest BCUT2D eigenvalue weighted by molar-refractivity contribution is 0.0487. The van der Waals surface area contributed by atoms with Crippen LogP contribution in [0.25, 0.3) is 21.5 Å². The lowest BCUT2D eigenvalue weighted by Crippen LogP contribution is -2.30. The maximum absolute atomic E-state index is 12.7. The molecule has 0 radical (unpaired) electrons. The SMILES string of the molecule is CCN(CCCOC(=O)c1ccc2cc(C(=O)N(CC)CC)ccc2c1)Cc1ccc2cc(CO)ccc2c1. The highest BCUT2D eigenvalue weighted by molar-refractivity contribution is 6.00. The molecule has 0 aliphatic heterocycles. The fourth-order valence-electron chi connectivity index (χ4n) is 4.88. The standard InChI is InChI=1S/C33H38N2O4/c1-4-34(22-24-8-10-27-19-25(23-36)9-11-26(27)18-24)16-7-17-39-33(38)31-15-13-28-20-30(14-12-29(28)21-31)32(37)35(5-2)6-3/h8-15,18-21,36H,4-7,16-17,22-23H2,1-3H3. The normalized spacial score (nSPS) is 11.3. The van der Waals surface area contributed by atoms with Gasteiger partial charge in [-0.3, -0.25) is 9.69 Å². The van der Waals surface area contributed by atoms with Gasteiger partial charge in [0.25, 0.3) is 5.91 Å². The Hall–Kier alpha value is -3.74. The predicted molar refractivity (Wildman–Crippen MR) is 157 cm³/mol. The molecule has 204 valence electrons. The molecular weight excluding hydrogens is 488 g/mol. The number of aliphatic hydroxyl groups excluding tert-OH is 1. The molecule has 4 aromatic rings. The first-order valence-electron chi connectivity index (χ1n) is 13.8. The maximum atomic E-state index is 12.7. The number of nitrogens with zero attached hydrogens (tertiary/aromatic N) is 2. The highest BCUT2D eigenvalue weighted by atomic mass is 16.5. The van der Waals surface area contributed by atoms with Gasteiger partial charge in [-0.05, 0) is 95.9 Å². The zero-order chi connectivity index (χ0) is 27.8. The van der Waals surface area contributed by atoms with Crippen LogP contribution in [0.3, 0.4) is 0 Å². The number of fused-ring (bicyclic) bond motifs is 2. The topological polar surface area (TPSA) is 70.1 Å². The van der Waals surface area contributed by atoms with Gasteiger partial charge in [-0.2, -0.15) is 0 Å². The van der Waals surface area contributed by atoms with Crippen LogP contribution in [0.1, 0.15) is 59.0 Å². The lowest BCUT2D eigenvalue weighted by Gasteiger charge is -2.20. The molecular formula is C33H38N2O4. The first-order valence-corrected chi connectivity index (χ1v) is 13.8. The Balaban J connectivity index is 1.29. The van der Waals surface area contributed by atoms with Crippen LogP contribution in [-0.4, -0.2) is 59.6 Å². The molecule has 39 heavy (non-hydrogen) atoms. The van der Waals surface area contributed by atoms with E-state index < -0.39 is 0 Å². The Bertz CT molecular complexity index is 1440. The van der Waals surface area contributed by atoms with Crippen molar-refractivity contribution in [2.24, 2.45) is 0 Å². The third kappa shape index (κ3) is 7.02. The van der Waals surface area contributed by atoms with E-state index in [0.29, 0.717) is 30.8 Å². The average molecular weight is 527 g/mol. The van der Waals surface area contributed by atoms with Crippen molar-refractivity contribution in [2.45, 2.75) is 40.3 Å². The minimum atomic E-state index is -0.333. The largest absolute Gasteiger partial charge is 0.462 e. The van der Waals surface area contributed by atoms with Crippen molar-refractivity contribution in [1.82, 2.24) is 9.80 Å². The molecule has 1 amide bonds. The Morgan fingerprint density at radius 1 is 0.718 bits per heavy atom. The molecule has 4 rings (SSSR count). The summed E-state index contributed by atoms with van der Waals surface area (Å²) in [6.45, 7) is 10.4. The van der Waals surface area contributed by atoms with Crippen LogP contribution in [0.15, 0.2) is 72.8 Å². The second kappa shape index (κ2) is 13.4. The molecule has 0 bridgehead atoms. The van der Waals surface area contributed by atoms with Crippen LogP contribution < -0.4 is 0 Å². The van der Waals surface area contributed by atoms with E-state index >= 15 is 0 Å². The zero-order valence-corrected chi connectivity index (χ0v) is 23.2. The molecule has 0 fully saturated rings. The molecule has 0 aliphatic rings. The van der Waals surface area contributed by atoms with Crippen molar-refractivity contribution >= 4 is 33.4 Å². The van der Waals surface area contributed by atoms with Gasteiger partial charge in [0, 0.05) is 31.7 Å². The number of carbonyl (C=O) groups is 2. The molecule has 0 saturated heterocycles. The van der Waals surface area contributed by atoms with Crippen LogP contribution in [-0.2, 0) is 17.9 Å². The van der Waals surface area contributed by atoms with E-state index in [4.69, 9.17) is 4.74 Å². The highest BCUT2D eigenvalue weighted by Gasteiger charge is 2.14. The Morgan fingerprint density at radius 2 is 1.28 bits per heavy atom. The molecule has 0 aromatic heterocycles. The Morgan fingerprint density at radius 3 is 1.92 bits per heavy atom. The number of benzene rings is 4. The minimum absolute atomic E-state index is 0.0174. The molecule has 0 heterocycles. The van der Waals surface area contributed by atoms with Gasteiger partial charge in [0.1, 0.15) is 0 Å². The summed E-state index contributed by atoms with van der Waals surface area (Å²) < 4.78 is 5.58. The van der Waals surface area contributed by atoms with Crippen molar-refractivity contribution in [3.05, 3.63) is 95.1 Å². The zero-order valence-electron chi connectivity index (χ0n) is 23.2. The molecule has 4 aromatic carbocycles. The fourth-order valence-corrected chi connectivity index (χ4v) is 4.88. The Labute approximate surface area is 230 Å². The van der Waals surface area contributed by atoms with Crippen molar-refractivity contribution in [3.8, 4) is 0 Å². The van der Waals surface area contributed by atoms with E-state index in [1.807, 2.05) is 56.3 Å². The minimum Gasteiger partial charge on any atom is -0.462 e. The summed E-state index contributed by atoms with van der Waals surface area (Å²) in [5.41, 5.74) is 3.32. The summed E-state index contributed by atoms with van der Waals surface area (Å²) in [6, 6.07) is 23.5. The van der Waals surface area contributed by atoms with Crippen LogP contribution in [0.2, 0.25) is 0 Å². The van der Waals surface area contributed by atoms with Gasteiger partial charge in [0.15, 0.2) is 0 Å². The second-order valence-electron chi connectivity index (χ2n) is 9.79. The monoisotopic (exact) mass is 526 g/mol. The smallest absolute Gasteiger partial charge is 0.338 e. The Kier molecular flexibility index (Phi) is 9.69. The first kappa shape index (κ1) is 28.3. The quantitative estimate of drug-likeness (QED) is 0.180. The summed E-state index contributed by atoms with van der Waals surface area (Å²) in [5, 5.41) is 13.5. The van der Waals surface area contributed by atoms with Crippen molar-refractivity contribution in [2.75, 3.05) is 32.8 Å². The van der Waals surface area contributed by atoms with Crippen molar-refractivity contribution in [1.29, 1.82) is 0 Å². The fraction of sp³-hybridized carbons (Fsp3) is 0.333. The third-order valence-electron chi connectivity index (χ3n) is 7.23. The van der Waals surface area contributed by atoms with Gasteiger partial charge >= 0.3 is 5.97 Å². The predicted octanol–water partition coefficient (Wildman–Crippen LogP) is 6.04. The molecule has 0 spiro atoms. The number of esters is 1. The number of ether oxygens (including phenoxy) is 1. The maximum Gasteiger partial charge on any atom is 0.338 e. The summed E-state index contributed by atoms with van der Waals surface area (Å²) in [7, 11) is 0. The van der Waals surface area contributed by atoms with Gasteiger partial charge < -0.3 is 14.7 Å². The van der Waals surface area contributed by atoms with Gasteiger partial charge in [-0.15, -0.1) is 0 Å². The lowest BCUT2D eigenvalue weighted by atomic mass is 10.0. The number of aliphatic hydroxyl groups is 1. The molecule has 0 atom stereocenters. The van der Waals surface area contributed by atoms with Gasteiger partial charge in [0.05, 0.1) is 18.8 Å². The molecule has 6 nitrogen and oxygen atoms in total. The summed E-state index contributed by atoms with van der Waals surface area (Å²) >= 11 is 0. The summed E-state index contributed by atoms with van der Waals surface area (Å²) in [6.07, 6.45) is 0.747. The number of rotatable bonds is 12. The third-order valence-corrected chi connectivity index (χ3v) is 7.23. The number of amides is 1. The highest BCUT2D eigenvalue weighted by Crippen LogP contribution is 2.21. The van der Waals surface area contributed by atoms with Gasteiger partial charge in [0.2, 0.25) is 0 Å². The van der Waals surface area contributed by atoms with Crippen molar-refractivity contribution in [3.63, 3.8) is 0 Å². The van der Waals surface area contributed by atoms with Crippen LogP contribution >= 0.6 is 0 Å². The number of carbonyl (C=O) groups excluding carboxylic acids is 2. The van der Waals surface area contributed by atoms with E-state index in [-0.39, 0.29) is 18.5 Å². The average Bonchev–Trinajstić information content (AvgIpc) is 2.98. The molecule has 0 unspecified atom stereocenters. The van der Waals surface area contributed by atoms with E-state index in [1.165, 1.54) is 5.56 Å². The molecule has 1 N–H and O–H groups in total. The van der Waals surface area contributed by atoms with E-state index in [2.05, 4.69) is 36.1 Å². The number of hydrogen-bond acceptors (Lipinski definition) is 5. The number of hydrogen-bond donors (Lipinski definition) is 1. The molecule has 0 saturated carbocycles. The van der Waals surface area contributed by atoms with E-state index in [1.54, 1.807) is 11.0 Å². The van der Waals surface area contributed by atoms with Gasteiger partial charge in [-0.1, -0.05) is 43.3 Å². The second-order valence-corrected chi connectivity index (χ2v) is 9.79. The van der Waals surface area contributed by atoms with Crippen LogP contribution in [0.4, 0.5) is 0 Å². The first-order chi connectivity index (χ1) is 18.9. The molecule has 6 heteroatoms. The van der Waals surface area contributed by atoms with Crippen LogP contribution in [0.5, 0.6) is 0 Å².